The fraction of sp³-hybridized carbons (Fsp3) is 0.125. The van der Waals surface area contributed by atoms with Crippen LogP contribution < -0.4 is 15.3 Å². The van der Waals surface area contributed by atoms with Crippen LogP contribution in [0.2, 0.25) is 0 Å². The first-order valence-electron chi connectivity index (χ1n) is 10.0. The zero-order chi connectivity index (χ0) is 21.0. The van der Waals surface area contributed by atoms with E-state index in [1.54, 1.807) is 6.08 Å². The second kappa shape index (κ2) is 8.31. The molecule has 3 aliphatic rings. The second-order valence-electron chi connectivity index (χ2n) is 7.21. The van der Waals surface area contributed by atoms with Crippen molar-refractivity contribution >= 4 is 35.0 Å². The first-order chi connectivity index (χ1) is 15.3. The lowest BCUT2D eigenvalue weighted by atomic mass is 10.0. The van der Waals surface area contributed by atoms with Gasteiger partial charge in [0.15, 0.2) is 5.82 Å². The van der Waals surface area contributed by atoms with Crippen molar-refractivity contribution < 1.29 is 9.53 Å². The molecule has 0 spiro atoms. The second-order valence-corrected chi connectivity index (χ2v) is 7.21. The van der Waals surface area contributed by atoms with E-state index in [-0.39, 0.29) is 11.8 Å². The van der Waals surface area contributed by atoms with E-state index >= 15 is 0 Å². The highest BCUT2D eigenvalue weighted by Crippen LogP contribution is 2.26. The number of carbonyl (C=O) groups is 1. The summed E-state index contributed by atoms with van der Waals surface area (Å²) in [6, 6.07) is 13.4. The molecule has 1 unspecified atom stereocenters. The number of benzene rings is 2. The third-order valence-corrected chi connectivity index (χ3v) is 5.15. The van der Waals surface area contributed by atoms with Gasteiger partial charge >= 0.3 is 0 Å². The molecule has 0 saturated carbocycles. The average molecular weight is 409 g/mol. The van der Waals surface area contributed by atoms with Crippen LogP contribution in [0.5, 0.6) is 5.75 Å². The number of carbonyl (C=O) groups excluding carboxylic acids is 1. The van der Waals surface area contributed by atoms with Gasteiger partial charge in [-0.2, -0.15) is 0 Å². The van der Waals surface area contributed by atoms with Crippen molar-refractivity contribution in [3.8, 4) is 5.75 Å². The van der Waals surface area contributed by atoms with Gasteiger partial charge in [-0.25, -0.2) is 20.0 Å². The van der Waals surface area contributed by atoms with Gasteiger partial charge in [-0.05, 0) is 36.8 Å². The number of rotatable bonds is 0. The Bertz CT molecular complexity index is 1360. The maximum absolute atomic E-state index is 12.3. The molecular weight excluding hydrogens is 390 g/mol. The first-order valence-corrected chi connectivity index (χ1v) is 10.0. The number of fused-ring (bicyclic) bond motifs is 4. The van der Waals surface area contributed by atoms with Crippen LogP contribution in [-0.2, 0) is 4.79 Å². The van der Waals surface area contributed by atoms with Crippen LogP contribution in [0, 0.1) is 5.92 Å². The van der Waals surface area contributed by atoms with Gasteiger partial charge in [0.25, 0.3) is 5.91 Å². The zero-order valence-electron chi connectivity index (χ0n) is 16.6. The number of aliphatic imine (C=N–C) groups is 1. The molecule has 0 N–H and O–H groups in total. The minimum atomic E-state index is -0.222. The van der Waals surface area contributed by atoms with E-state index in [1.165, 1.54) is 18.8 Å². The van der Waals surface area contributed by atoms with E-state index in [4.69, 9.17) is 9.73 Å². The van der Waals surface area contributed by atoms with Gasteiger partial charge in [0.05, 0.1) is 23.1 Å². The molecule has 0 saturated heterocycles. The molecule has 7 nitrogen and oxygen atoms in total. The van der Waals surface area contributed by atoms with Crippen LogP contribution in [0.25, 0.3) is 17.1 Å². The number of ether oxygens (including phenoxy) is 1. The average Bonchev–Trinajstić information content (AvgIpc) is 2.80. The molecule has 152 valence electrons. The number of hydrogen-bond acceptors (Lipinski definition) is 6. The summed E-state index contributed by atoms with van der Waals surface area (Å²) in [7, 11) is 0. The predicted molar refractivity (Wildman–Crippen MR) is 118 cm³/mol. The van der Waals surface area contributed by atoms with Gasteiger partial charge in [0.1, 0.15) is 12.1 Å². The highest BCUT2D eigenvalue weighted by molar-refractivity contribution is 5.91. The Morgan fingerprint density at radius 2 is 2.03 bits per heavy atom. The summed E-state index contributed by atoms with van der Waals surface area (Å²) in [5, 5.41) is 2.54. The van der Waals surface area contributed by atoms with Gasteiger partial charge < -0.3 is 9.64 Å². The Kier molecular flexibility index (Phi) is 5.06. The van der Waals surface area contributed by atoms with Crippen LogP contribution in [0.1, 0.15) is 6.42 Å². The van der Waals surface area contributed by atoms with E-state index in [1.807, 2.05) is 60.9 Å². The first kappa shape index (κ1) is 18.9. The van der Waals surface area contributed by atoms with Crippen molar-refractivity contribution in [2.24, 2.45) is 15.9 Å². The summed E-state index contributed by atoms with van der Waals surface area (Å²) in [5.41, 5.74) is 0.776. The molecule has 1 amide bonds. The number of allylic oxidation sites excluding steroid dienone is 1. The van der Waals surface area contributed by atoms with Crippen LogP contribution in [0.3, 0.4) is 0 Å². The van der Waals surface area contributed by atoms with Crippen LogP contribution >= 0.6 is 0 Å². The fourth-order valence-corrected chi connectivity index (χ4v) is 3.53. The lowest BCUT2D eigenvalue weighted by Gasteiger charge is -2.23. The van der Waals surface area contributed by atoms with Crippen LogP contribution in [0.4, 0.5) is 5.82 Å². The molecule has 4 heterocycles. The molecule has 3 aromatic rings. The molecule has 1 atom stereocenters. The number of hydrogen-bond donors (Lipinski definition) is 0. The van der Waals surface area contributed by atoms with Gasteiger partial charge in [0, 0.05) is 35.8 Å². The van der Waals surface area contributed by atoms with Crippen molar-refractivity contribution in [1.82, 2.24) is 14.9 Å². The number of aromatic nitrogens is 2. The van der Waals surface area contributed by atoms with Crippen molar-refractivity contribution in [1.29, 1.82) is 0 Å². The Labute approximate surface area is 178 Å². The molecule has 0 fully saturated rings. The SMILES string of the molecule is O=C1N=C/C=C\Oc2ccc3ncnc(c3c2)N=c2cccc/c2=C/N2C=CC1CC2. The van der Waals surface area contributed by atoms with Crippen molar-refractivity contribution in [3.05, 3.63) is 84.0 Å². The number of para-hydroxylation sites is 1. The molecule has 0 aliphatic carbocycles. The highest BCUT2D eigenvalue weighted by Gasteiger charge is 2.18. The molecule has 7 heteroatoms. The minimum Gasteiger partial charge on any atom is -0.465 e. The summed E-state index contributed by atoms with van der Waals surface area (Å²) >= 11 is 0. The molecule has 0 radical (unpaired) electrons. The standard InChI is InChI=1S/C24H19N5O2/c30-24-17-8-11-29(12-9-17)15-18-4-1-2-5-21(18)28-23-20-14-19(31-13-3-10-25-24)6-7-22(20)26-16-27-23/h1-8,10-11,13-17H,9,12H2/b13-3-,18-15-,25-10?,28-21?. The molecular formula is C24H19N5O2. The predicted octanol–water partition coefficient (Wildman–Crippen LogP) is 2.66. The zero-order valence-corrected chi connectivity index (χ0v) is 16.6. The third-order valence-electron chi connectivity index (χ3n) is 5.15. The third kappa shape index (κ3) is 4.11. The van der Waals surface area contributed by atoms with Gasteiger partial charge in [-0.3, -0.25) is 4.79 Å². The van der Waals surface area contributed by atoms with E-state index in [9.17, 15) is 4.79 Å². The van der Waals surface area contributed by atoms with E-state index in [0.29, 0.717) is 18.0 Å². The van der Waals surface area contributed by atoms with E-state index in [2.05, 4.69) is 19.9 Å². The molecule has 6 rings (SSSR count). The Balaban J connectivity index is 1.70. The quantitative estimate of drug-likeness (QED) is 0.570. The van der Waals surface area contributed by atoms with Crippen LogP contribution in [-0.4, -0.2) is 33.5 Å². The van der Waals surface area contributed by atoms with Crippen molar-refractivity contribution in [2.75, 3.05) is 6.54 Å². The van der Waals surface area contributed by atoms with Gasteiger partial charge in [0.2, 0.25) is 0 Å². The summed E-state index contributed by atoms with van der Waals surface area (Å²) in [5.74, 6) is 0.802. The Morgan fingerprint density at radius 1 is 1.10 bits per heavy atom. The van der Waals surface area contributed by atoms with Gasteiger partial charge in [-0.1, -0.05) is 24.3 Å². The maximum atomic E-state index is 12.3. The smallest absolute Gasteiger partial charge is 0.252 e. The number of amides is 1. The lowest BCUT2D eigenvalue weighted by molar-refractivity contribution is -0.120. The summed E-state index contributed by atoms with van der Waals surface area (Å²) in [6.45, 7) is 0.718. The molecule has 4 bridgehead atoms. The van der Waals surface area contributed by atoms with Gasteiger partial charge in [-0.15, -0.1) is 0 Å². The topological polar surface area (TPSA) is 80.0 Å². The Morgan fingerprint density at radius 3 is 2.94 bits per heavy atom. The lowest BCUT2D eigenvalue weighted by Crippen LogP contribution is -2.30. The van der Waals surface area contributed by atoms with E-state index < -0.39 is 0 Å². The highest BCUT2D eigenvalue weighted by atomic mass is 16.5. The largest absolute Gasteiger partial charge is 0.465 e. The van der Waals surface area contributed by atoms with E-state index in [0.717, 1.165) is 28.0 Å². The summed E-state index contributed by atoms with van der Waals surface area (Å²) in [6.07, 6.45) is 12.6. The fourth-order valence-electron chi connectivity index (χ4n) is 3.53. The summed E-state index contributed by atoms with van der Waals surface area (Å²) in [4.78, 5) is 32.0. The van der Waals surface area contributed by atoms with Crippen molar-refractivity contribution in [3.63, 3.8) is 0 Å². The van der Waals surface area contributed by atoms with Crippen LogP contribution in [0.15, 0.2) is 83.4 Å². The molecule has 1 aromatic heterocycles. The summed E-state index contributed by atoms with van der Waals surface area (Å²) < 4.78 is 5.67. The Hall–Kier alpha value is -4.13. The normalized spacial score (nSPS) is 20.3. The monoisotopic (exact) mass is 409 g/mol. The molecule has 2 aromatic carbocycles. The molecule has 31 heavy (non-hydrogen) atoms. The maximum Gasteiger partial charge on any atom is 0.252 e. The molecule has 3 aliphatic heterocycles. The van der Waals surface area contributed by atoms with Crippen molar-refractivity contribution in [2.45, 2.75) is 6.42 Å². The minimum absolute atomic E-state index is 0.162. The number of nitrogens with zero attached hydrogens (tertiary/aromatic N) is 5.